The van der Waals surface area contributed by atoms with E-state index >= 15 is 0 Å². The van der Waals surface area contributed by atoms with Crippen molar-refractivity contribution in [1.82, 2.24) is 0 Å². The first kappa shape index (κ1) is 46.6. The van der Waals surface area contributed by atoms with Gasteiger partial charge in [0.25, 0.3) is 0 Å². The number of hydrogen-bond donors (Lipinski definition) is 1. The summed E-state index contributed by atoms with van der Waals surface area (Å²) in [5.74, 6) is 4.46. The molecule has 2 saturated carbocycles. The Morgan fingerprint density at radius 1 is 0.906 bits per heavy atom. The molecule has 0 aromatic heterocycles. The van der Waals surface area contributed by atoms with Gasteiger partial charge in [-0.3, -0.25) is 4.99 Å². The van der Waals surface area contributed by atoms with Gasteiger partial charge in [0.05, 0.1) is 0 Å². The molecule has 2 fully saturated rings. The van der Waals surface area contributed by atoms with Crippen molar-refractivity contribution < 1.29 is 0 Å². The molecule has 3 unspecified atom stereocenters. The van der Waals surface area contributed by atoms with E-state index in [1.54, 1.807) is 5.56 Å². The van der Waals surface area contributed by atoms with Gasteiger partial charge in [-0.05, 0) is 169 Å². The van der Waals surface area contributed by atoms with Crippen molar-refractivity contribution in [2.24, 2.45) is 34.6 Å². The van der Waals surface area contributed by atoms with Crippen molar-refractivity contribution >= 4 is 18.8 Å². The summed E-state index contributed by atoms with van der Waals surface area (Å²) in [4.78, 5) is 4.64. The first-order chi connectivity index (χ1) is 25.4. The summed E-state index contributed by atoms with van der Waals surface area (Å²) < 4.78 is 0. The second-order valence-corrected chi connectivity index (χ2v) is 17.1. The zero-order valence-electron chi connectivity index (χ0n) is 35.7. The predicted molar refractivity (Wildman–Crippen MR) is 243 cm³/mol. The summed E-state index contributed by atoms with van der Waals surface area (Å²) in [5, 5.41) is 0.274. The van der Waals surface area contributed by atoms with Crippen LogP contribution in [-0.2, 0) is 6.42 Å². The van der Waals surface area contributed by atoms with Crippen LogP contribution in [0.2, 0.25) is 0 Å². The van der Waals surface area contributed by atoms with Crippen molar-refractivity contribution in [3.05, 3.63) is 119 Å². The normalized spacial score (nSPS) is 22.0. The lowest BCUT2D eigenvalue weighted by molar-refractivity contribution is 0.294. The third kappa shape index (κ3) is 16.8. The molecule has 0 heterocycles. The number of aryl methyl sites for hydroxylation is 3. The molecule has 0 aliphatic heterocycles. The van der Waals surface area contributed by atoms with Crippen LogP contribution >= 0.6 is 12.6 Å². The van der Waals surface area contributed by atoms with E-state index in [1.807, 2.05) is 26.1 Å². The number of rotatable bonds is 16. The summed E-state index contributed by atoms with van der Waals surface area (Å²) in [6.45, 7) is 31.9. The van der Waals surface area contributed by atoms with E-state index in [2.05, 4.69) is 122 Å². The maximum absolute atomic E-state index is 4.71. The molecule has 0 saturated heterocycles. The number of allylic oxidation sites excluding steroid dienone is 5. The zero-order valence-corrected chi connectivity index (χ0v) is 36.6. The smallest absolute Gasteiger partial charge is 0.0362 e. The minimum Gasteiger partial charge on any atom is -0.262 e. The van der Waals surface area contributed by atoms with Crippen LogP contribution in [0.4, 0.5) is 0 Å². The molecular weight excluding hydrogens is 659 g/mol. The topological polar surface area (TPSA) is 12.4 Å². The third-order valence-corrected chi connectivity index (χ3v) is 12.9. The second-order valence-electron chi connectivity index (χ2n) is 16.5. The van der Waals surface area contributed by atoms with E-state index in [1.165, 1.54) is 110 Å². The first-order valence-corrected chi connectivity index (χ1v) is 21.9. The number of thiol groups is 1. The number of hydrogen-bond acceptors (Lipinski definition) is 2. The van der Waals surface area contributed by atoms with Crippen LogP contribution in [0, 0.1) is 43.4 Å². The maximum atomic E-state index is 4.71. The van der Waals surface area contributed by atoms with Crippen LogP contribution in [0.1, 0.15) is 171 Å². The molecular formula is C51H79NS. The number of aliphatic imine (C=N–C) groups is 1. The summed E-state index contributed by atoms with van der Waals surface area (Å²) in [6.07, 6.45) is 23.9. The van der Waals surface area contributed by atoms with Gasteiger partial charge in [0.2, 0.25) is 0 Å². The SMILES string of the molecule is C=C(C)CCC(C)C(C)/C(C)=C/C=NC(=C)C1CCC(CC)CC1.C=CCC(S)c1cccc(CCC2CCC(c3cc(C)ccc3C)CC2)c1.CC. The molecule has 0 radical (unpaired) electrons. The van der Waals surface area contributed by atoms with Gasteiger partial charge < -0.3 is 0 Å². The molecule has 53 heavy (non-hydrogen) atoms. The highest BCUT2D eigenvalue weighted by Crippen LogP contribution is 2.39. The van der Waals surface area contributed by atoms with Gasteiger partial charge in [-0.2, -0.15) is 12.6 Å². The van der Waals surface area contributed by atoms with Crippen molar-refractivity contribution in [2.45, 2.75) is 163 Å². The lowest BCUT2D eigenvalue weighted by atomic mass is 9.75. The highest BCUT2D eigenvalue weighted by molar-refractivity contribution is 7.80. The van der Waals surface area contributed by atoms with Crippen LogP contribution in [-0.4, -0.2) is 6.21 Å². The van der Waals surface area contributed by atoms with E-state index in [0.717, 1.165) is 36.3 Å². The third-order valence-electron chi connectivity index (χ3n) is 12.4. The highest BCUT2D eigenvalue weighted by Gasteiger charge is 2.24. The fourth-order valence-corrected chi connectivity index (χ4v) is 8.48. The van der Waals surface area contributed by atoms with Crippen LogP contribution in [0.15, 0.2) is 96.2 Å². The lowest BCUT2D eigenvalue weighted by Gasteiger charge is -2.30. The van der Waals surface area contributed by atoms with E-state index < -0.39 is 0 Å². The van der Waals surface area contributed by atoms with Gasteiger partial charge in [0.15, 0.2) is 0 Å². The Hall–Kier alpha value is -2.58. The molecule has 3 atom stereocenters. The molecule has 2 aromatic rings. The van der Waals surface area contributed by atoms with Crippen LogP contribution in [0.5, 0.6) is 0 Å². The average molecular weight is 738 g/mol. The molecule has 2 aromatic carbocycles. The molecule has 0 amide bonds. The van der Waals surface area contributed by atoms with Crippen LogP contribution in [0.25, 0.3) is 0 Å². The monoisotopic (exact) mass is 738 g/mol. The largest absolute Gasteiger partial charge is 0.262 e. The van der Waals surface area contributed by atoms with Gasteiger partial charge in [-0.25, -0.2) is 0 Å². The zero-order chi connectivity index (χ0) is 39.3. The Morgan fingerprint density at radius 2 is 1.57 bits per heavy atom. The summed E-state index contributed by atoms with van der Waals surface area (Å²) in [6, 6.07) is 16.0. The van der Waals surface area contributed by atoms with E-state index in [0.29, 0.717) is 17.8 Å². The molecule has 2 aliphatic rings. The van der Waals surface area contributed by atoms with Gasteiger partial charge in [-0.1, -0.05) is 113 Å². The average Bonchev–Trinajstić information content (AvgIpc) is 3.18. The van der Waals surface area contributed by atoms with Crippen molar-refractivity contribution in [1.29, 1.82) is 0 Å². The molecule has 2 heteroatoms. The minimum absolute atomic E-state index is 0.274. The Balaban J connectivity index is 0.000000353. The molecule has 1 nitrogen and oxygen atoms in total. The molecule has 0 N–H and O–H groups in total. The number of nitrogens with zero attached hydrogens (tertiary/aromatic N) is 1. The van der Waals surface area contributed by atoms with E-state index in [-0.39, 0.29) is 5.25 Å². The van der Waals surface area contributed by atoms with Crippen molar-refractivity contribution in [3.8, 4) is 0 Å². The fourth-order valence-electron chi connectivity index (χ4n) is 8.17. The molecule has 0 spiro atoms. The summed E-state index contributed by atoms with van der Waals surface area (Å²) in [5.41, 5.74) is 11.0. The standard InChI is InChI=1S/C26H34S.C23H39N.C2H6/c1-4-6-26(27)24-8-5-7-22(18-24)12-11-21-13-15-23(16-14-21)25-17-19(2)9-10-20(25)3;1-8-22-11-13-23(14-12-22)21(7)24-16-15-19(5)20(6)18(4)10-9-17(2)3;1-2/h4-5,7-10,17-18,21,23,26-27H,1,6,11-16H2,2-3H3;15-16,18,20,22-23H,2,7-14H2,1,3-6H3;1-2H3/b;19-15+,24-16?;. The Labute approximate surface area is 334 Å². The Kier molecular flexibility index (Phi) is 22.4. The molecule has 294 valence electrons. The van der Waals surface area contributed by atoms with Gasteiger partial charge in [-0.15, -0.1) is 13.2 Å². The van der Waals surface area contributed by atoms with Crippen molar-refractivity contribution in [3.63, 3.8) is 0 Å². The maximum Gasteiger partial charge on any atom is 0.0362 e. The quantitative estimate of drug-likeness (QED) is 0.100. The molecule has 2 aliphatic carbocycles. The summed E-state index contributed by atoms with van der Waals surface area (Å²) >= 11 is 4.71. The molecule has 0 bridgehead atoms. The highest BCUT2D eigenvalue weighted by atomic mass is 32.1. The minimum atomic E-state index is 0.274. The molecule has 4 rings (SSSR count). The van der Waals surface area contributed by atoms with Crippen LogP contribution < -0.4 is 0 Å². The predicted octanol–water partition coefficient (Wildman–Crippen LogP) is 16.1. The van der Waals surface area contributed by atoms with Gasteiger partial charge in [0.1, 0.15) is 0 Å². The second kappa shape index (κ2) is 25.5. The van der Waals surface area contributed by atoms with Crippen molar-refractivity contribution in [2.75, 3.05) is 0 Å². The Morgan fingerprint density at radius 3 is 2.19 bits per heavy atom. The van der Waals surface area contributed by atoms with Gasteiger partial charge in [0, 0.05) is 23.1 Å². The fraction of sp³-hybridized carbons (Fsp3) is 0.588. The summed E-state index contributed by atoms with van der Waals surface area (Å²) in [7, 11) is 0. The first-order valence-electron chi connectivity index (χ1n) is 21.4. The lowest BCUT2D eigenvalue weighted by Crippen LogP contribution is -2.15. The van der Waals surface area contributed by atoms with E-state index in [9.17, 15) is 0 Å². The van der Waals surface area contributed by atoms with Gasteiger partial charge >= 0.3 is 0 Å². The Bertz CT molecular complexity index is 1430. The van der Waals surface area contributed by atoms with Crippen LogP contribution in [0.3, 0.4) is 0 Å². The number of benzene rings is 2. The van der Waals surface area contributed by atoms with E-state index in [4.69, 9.17) is 12.6 Å².